The number of imidazole rings is 1. The van der Waals surface area contributed by atoms with Gasteiger partial charge in [-0.25, -0.2) is 4.98 Å². The Bertz CT molecular complexity index is 942. The molecular formula is C19H13ClN2. The third-order valence-electron chi connectivity index (χ3n) is 3.71. The lowest BCUT2D eigenvalue weighted by atomic mass is 10.1. The van der Waals surface area contributed by atoms with Crippen molar-refractivity contribution in [3.8, 4) is 22.4 Å². The van der Waals surface area contributed by atoms with E-state index in [0.29, 0.717) is 5.02 Å². The van der Waals surface area contributed by atoms with Gasteiger partial charge in [0.25, 0.3) is 0 Å². The summed E-state index contributed by atoms with van der Waals surface area (Å²) in [5, 5.41) is 0.717. The maximum Gasteiger partial charge on any atom is 0.137 e. The number of rotatable bonds is 2. The first-order chi connectivity index (χ1) is 10.8. The minimum Gasteiger partial charge on any atom is -0.306 e. The molecule has 0 atom stereocenters. The number of benzene rings is 2. The number of pyridine rings is 1. The fourth-order valence-corrected chi connectivity index (χ4v) is 2.82. The molecule has 2 aromatic heterocycles. The van der Waals surface area contributed by atoms with Crippen molar-refractivity contribution in [2.45, 2.75) is 0 Å². The molecule has 0 aliphatic heterocycles. The van der Waals surface area contributed by atoms with Crippen molar-refractivity contribution < 1.29 is 0 Å². The predicted molar refractivity (Wildman–Crippen MR) is 91.1 cm³/mol. The van der Waals surface area contributed by atoms with Crippen LogP contribution >= 0.6 is 11.6 Å². The van der Waals surface area contributed by atoms with Crippen LogP contribution in [0.15, 0.2) is 79.1 Å². The molecule has 2 heterocycles. The highest BCUT2D eigenvalue weighted by molar-refractivity contribution is 6.33. The van der Waals surface area contributed by atoms with Crippen LogP contribution in [0.3, 0.4) is 0 Å². The van der Waals surface area contributed by atoms with E-state index in [-0.39, 0.29) is 0 Å². The summed E-state index contributed by atoms with van der Waals surface area (Å²) >= 11 is 6.26. The molecule has 4 rings (SSSR count). The van der Waals surface area contributed by atoms with Gasteiger partial charge < -0.3 is 4.40 Å². The normalized spacial score (nSPS) is 11.0. The molecule has 2 nitrogen and oxygen atoms in total. The van der Waals surface area contributed by atoms with Crippen LogP contribution in [0.2, 0.25) is 5.02 Å². The van der Waals surface area contributed by atoms with Crippen LogP contribution in [0.1, 0.15) is 0 Å². The van der Waals surface area contributed by atoms with E-state index < -0.39 is 0 Å². The van der Waals surface area contributed by atoms with E-state index in [1.807, 2.05) is 59.1 Å². The quantitative estimate of drug-likeness (QED) is 0.490. The zero-order valence-electron chi connectivity index (χ0n) is 11.8. The summed E-state index contributed by atoms with van der Waals surface area (Å²) in [4.78, 5) is 4.66. The van der Waals surface area contributed by atoms with Gasteiger partial charge in [0, 0.05) is 18.0 Å². The molecule has 0 N–H and O–H groups in total. The van der Waals surface area contributed by atoms with Crippen LogP contribution in [-0.4, -0.2) is 9.38 Å². The van der Waals surface area contributed by atoms with Crippen molar-refractivity contribution in [2.24, 2.45) is 0 Å². The molecule has 0 amide bonds. The zero-order chi connectivity index (χ0) is 14.9. The van der Waals surface area contributed by atoms with E-state index >= 15 is 0 Å². The van der Waals surface area contributed by atoms with Gasteiger partial charge in [-0.3, -0.25) is 0 Å². The van der Waals surface area contributed by atoms with Gasteiger partial charge in [0.2, 0.25) is 0 Å². The molecule has 4 aromatic rings. The van der Waals surface area contributed by atoms with Gasteiger partial charge in [-0.2, -0.15) is 0 Å². The number of aromatic nitrogens is 2. The molecule has 0 aliphatic carbocycles. The largest absolute Gasteiger partial charge is 0.306 e. The van der Waals surface area contributed by atoms with E-state index in [1.54, 1.807) is 0 Å². The molecule has 22 heavy (non-hydrogen) atoms. The third kappa shape index (κ3) is 2.28. The minimum atomic E-state index is 0.717. The highest BCUT2D eigenvalue weighted by atomic mass is 35.5. The van der Waals surface area contributed by atoms with E-state index in [1.165, 1.54) is 5.56 Å². The van der Waals surface area contributed by atoms with Crippen molar-refractivity contribution in [1.82, 2.24) is 9.38 Å². The van der Waals surface area contributed by atoms with E-state index in [4.69, 9.17) is 11.6 Å². The van der Waals surface area contributed by atoms with Crippen LogP contribution in [0.4, 0.5) is 0 Å². The molecule has 0 bridgehead atoms. The Kier molecular flexibility index (Phi) is 3.17. The average molecular weight is 305 g/mol. The lowest BCUT2D eigenvalue weighted by Gasteiger charge is -2.01. The van der Waals surface area contributed by atoms with E-state index in [0.717, 1.165) is 22.5 Å². The number of nitrogens with zero attached hydrogens (tertiary/aromatic N) is 2. The summed E-state index contributed by atoms with van der Waals surface area (Å²) in [6.07, 6.45) is 4.11. The van der Waals surface area contributed by atoms with Crippen molar-refractivity contribution in [3.05, 3.63) is 84.1 Å². The summed E-state index contributed by atoms with van der Waals surface area (Å²) in [6, 6.07) is 22.2. The molecule has 0 radical (unpaired) electrons. The van der Waals surface area contributed by atoms with Crippen molar-refractivity contribution >= 4 is 17.2 Å². The summed E-state index contributed by atoms with van der Waals surface area (Å²) in [7, 11) is 0. The van der Waals surface area contributed by atoms with E-state index in [2.05, 4.69) is 29.4 Å². The highest BCUT2D eigenvalue weighted by Gasteiger charge is 2.08. The first-order valence-corrected chi connectivity index (χ1v) is 7.48. The molecule has 0 unspecified atom stereocenters. The predicted octanol–water partition coefficient (Wildman–Crippen LogP) is 5.32. The fraction of sp³-hybridized carbons (Fsp3) is 0. The number of hydrogen-bond acceptors (Lipinski definition) is 1. The van der Waals surface area contributed by atoms with Crippen molar-refractivity contribution in [2.75, 3.05) is 0 Å². The lowest BCUT2D eigenvalue weighted by Crippen LogP contribution is -1.84. The number of hydrogen-bond donors (Lipinski definition) is 0. The van der Waals surface area contributed by atoms with Crippen LogP contribution < -0.4 is 0 Å². The molecule has 0 fully saturated rings. The molecule has 2 aromatic carbocycles. The van der Waals surface area contributed by atoms with Crippen LogP contribution in [-0.2, 0) is 0 Å². The lowest BCUT2D eigenvalue weighted by molar-refractivity contribution is 1.19. The van der Waals surface area contributed by atoms with Gasteiger partial charge in [0.1, 0.15) is 5.65 Å². The summed E-state index contributed by atoms with van der Waals surface area (Å²) < 4.78 is 2.04. The SMILES string of the molecule is Clc1ccccc1-c1cn2cc(-c3ccccc3)ccc2n1. The van der Waals surface area contributed by atoms with Gasteiger partial charge in [-0.1, -0.05) is 60.1 Å². The minimum absolute atomic E-state index is 0.717. The standard InChI is InChI=1S/C19H13ClN2/c20-17-9-5-4-8-16(17)18-13-22-12-15(10-11-19(22)21-18)14-6-2-1-3-7-14/h1-13H. The second-order valence-corrected chi connectivity index (χ2v) is 5.56. The van der Waals surface area contributed by atoms with Crippen molar-refractivity contribution in [1.29, 1.82) is 0 Å². The maximum absolute atomic E-state index is 6.26. The first-order valence-electron chi connectivity index (χ1n) is 7.10. The Morgan fingerprint density at radius 1 is 0.727 bits per heavy atom. The topological polar surface area (TPSA) is 17.3 Å². The van der Waals surface area contributed by atoms with Crippen LogP contribution in [0.25, 0.3) is 28.0 Å². The summed E-state index contributed by atoms with van der Waals surface area (Å²) in [6.45, 7) is 0. The second-order valence-electron chi connectivity index (χ2n) is 5.16. The molecule has 0 spiro atoms. The third-order valence-corrected chi connectivity index (χ3v) is 4.04. The second kappa shape index (κ2) is 5.32. The fourth-order valence-electron chi connectivity index (χ4n) is 2.59. The molecular weight excluding hydrogens is 292 g/mol. The average Bonchev–Trinajstić information content (AvgIpc) is 2.99. The maximum atomic E-state index is 6.26. The van der Waals surface area contributed by atoms with E-state index in [9.17, 15) is 0 Å². The monoisotopic (exact) mass is 304 g/mol. The van der Waals surface area contributed by atoms with Gasteiger partial charge in [0.05, 0.1) is 10.7 Å². The molecule has 0 saturated carbocycles. The Morgan fingerprint density at radius 2 is 1.50 bits per heavy atom. The first kappa shape index (κ1) is 13.1. The number of fused-ring (bicyclic) bond motifs is 1. The van der Waals surface area contributed by atoms with Gasteiger partial charge in [-0.05, 0) is 29.3 Å². The van der Waals surface area contributed by atoms with Gasteiger partial charge in [-0.15, -0.1) is 0 Å². The summed E-state index contributed by atoms with van der Waals surface area (Å²) in [5.41, 5.74) is 5.10. The smallest absolute Gasteiger partial charge is 0.137 e. The Balaban J connectivity index is 1.84. The van der Waals surface area contributed by atoms with Gasteiger partial charge in [0.15, 0.2) is 0 Å². The Hall–Kier alpha value is -2.58. The zero-order valence-corrected chi connectivity index (χ0v) is 12.5. The van der Waals surface area contributed by atoms with Crippen LogP contribution in [0.5, 0.6) is 0 Å². The Labute approximate surface area is 133 Å². The highest BCUT2D eigenvalue weighted by Crippen LogP contribution is 2.28. The van der Waals surface area contributed by atoms with Crippen molar-refractivity contribution in [3.63, 3.8) is 0 Å². The Morgan fingerprint density at radius 3 is 2.32 bits per heavy atom. The molecule has 3 heteroatoms. The molecule has 0 saturated heterocycles. The molecule has 106 valence electrons. The molecule has 0 aliphatic rings. The number of halogens is 1. The van der Waals surface area contributed by atoms with Crippen LogP contribution in [0, 0.1) is 0 Å². The summed E-state index contributed by atoms with van der Waals surface area (Å²) in [5.74, 6) is 0. The van der Waals surface area contributed by atoms with Gasteiger partial charge >= 0.3 is 0 Å².